The summed E-state index contributed by atoms with van der Waals surface area (Å²) in [6.07, 6.45) is 11.1. The number of halogens is 1. The Labute approximate surface area is 98.2 Å². The molecule has 0 amide bonds. The van der Waals surface area contributed by atoms with E-state index in [-0.39, 0.29) is 0 Å². The number of unbranched alkanes of at least 4 members (excludes halogenated alkanes) is 6. The average Bonchev–Trinajstić information content (AvgIpc) is 2.21. The summed E-state index contributed by atoms with van der Waals surface area (Å²) >= 11 is 3.43. The van der Waals surface area contributed by atoms with E-state index in [1.54, 1.807) is 0 Å². The van der Waals surface area contributed by atoms with Crippen molar-refractivity contribution >= 4 is 15.9 Å². The van der Waals surface area contributed by atoms with Gasteiger partial charge in [0.15, 0.2) is 0 Å². The van der Waals surface area contributed by atoms with Gasteiger partial charge in [-0.05, 0) is 25.9 Å². The van der Waals surface area contributed by atoms with E-state index < -0.39 is 0 Å². The van der Waals surface area contributed by atoms with E-state index >= 15 is 0 Å². The molecule has 0 aliphatic heterocycles. The zero-order valence-electron chi connectivity index (χ0n) is 9.66. The monoisotopic (exact) mass is 263 g/mol. The second kappa shape index (κ2) is 13.4. The first-order valence-electron chi connectivity index (χ1n) is 6.18. The zero-order valence-corrected chi connectivity index (χ0v) is 11.2. The van der Waals surface area contributed by atoms with Crippen LogP contribution in [0.25, 0.3) is 0 Å². The second-order valence-corrected chi connectivity index (χ2v) is 4.71. The largest absolute Gasteiger partial charge is 0.317 e. The van der Waals surface area contributed by atoms with E-state index in [0.29, 0.717) is 0 Å². The normalized spacial score (nSPS) is 10.7. The smallest absolute Gasteiger partial charge is 0.00433 e. The predicted octanol–water partition coefficient (Wildman–Crippen LogP) is 4.11. The van der Waals surface area contributed by atoms with Crippen molar-refractivity contribution in [3.05, 3.63) is 0 Å². The average molecular weight is 264 g/mol. The van der Waals surface area contributed by atoms with Gasteiger partial charge in [0.2, 0.25) is 0 Å². The van der Waals surface area contributed by atoms with E-state index in [2.05, 4.69) is 28.2 Å². The molecule has 0 aliphatic rings. The molecular weight excluding hydrogens is 238 g/mol. The molecule has 0 atom stereocenters. The Morgan fingerprint density at radius 2 is 1.36 bits per heavy atom. The van der Waals surface area contributed by atoms with E-state index in [4.69, 9.17) is 0 Å². The molecule has 0 aromatic rings. The van der Waals surface area contributed by atoms with Gasteiger partial charge in [0.05, 0.1) is 0 Å². The molecule has 2 heteroatoms. The first-order valence-corrected chi connectivity index (χ1v) is 7.30. The molecule has 0 bridgehead atoms. The first-order chi connectivity index (χ1) is 6.91. The lowest BCUT2D eigenvalue weighted by atomic mass is 10.1. The van der Waals surface area contributed by atoms with Crippen LogP contribution in [0.3, 0.4) is 0 Å². The molecule has 0 spiro atoms. The molecule has 0 unspecified atom stereocenters. The molecule has 0 radical (unpaired) electrons. The van der Waals surface area contributed by atoms with E-state index in [1.807, 2.05) is 0 Å². The minimum atomic E-state index is 1.12. The fraction of sp³-hybridized carbons (Fsp3) is 1.00. The third-order valence-corrected chi connectivity index (χ3v) is 3.01. The molecule has 0 saturated carbocycles. The Balaban J connectivity index is 2.78. The van der Waals surface area contributed by atoms with Crippen molar-refractivity contribution in [3.8, 4) is 0 Å². The van der Waals surface area contributed by atoms with Crippen molar-refractivity contribution in [2.75, 3.05) is 18.4 Å². The first kappa shape index (κ1) is 14.4. The van der Waals surface area contributed by atoms with Crippen LogP contribution in [-0.4, -0.2) is 18.4 Å². The van der Waals surface area contributed by atoms with Gasteiger partial charge in [-0.1, -0.05) is 61.4 Å². The van der Waals surface area contributed by atoms with Crippen LogP contribution < -0.4 is 5.32 Å². The summed E-state index contributed by atoms with van der Waals surface area (Å²) in [4.78, 5) is 0. The highest BCUT2D eigenvalue weighted by atomic mass is 79.9. The Kier molecular flexibility index (Phi) is 13.9. The molecule has 1 N–H and O–H groups in total. The molecular formula is C12H26BrN. The Bertz CT molecular complexity index is 84.3. The van der Waals surface area contributed by atoms with Gasteiger partial charge in [-0.2, -0.15) is 0 Å². The highest BCUT2D eigenvalue weighted by Gasteiger charge is 1.90. The minimum Gasteiger partial charge on any atom is -0.317 e. The minimum absolute atomic E-state index is 1.12. The number of hydrogen-bond donors (Lipinski definition) is 1. The van der Waals surface area contributed by atoms with Crippen molar-refractivity contribution in [1.29, 1.82) is 0 Å². The Morgan fingerprint density at radius 3 is 2.00 bits per heavy atom. The van der Waals surface area contributed by atoms with Gasteiger partial charge in [0.1, 0.15) is 0 Å². The lowest BCUT2D eigenvalue weighted by Gasteiger charge is -2.03. The summed E-state index contributed by atoms with van der Waals surface area (Å²) in [7, 11) is 0. The maximum Gasteiger partial charge on any atom is 0.00433 e. The SMILES string of the molecule is CCCCCCCCCNCCCBr. The zero-order chi connectivity index (χ0) is 10.5. The number of alkyl halides is 1. The summed E-state index contributed by atoms with van der Waals surface area (Å²) in [6, 6.07) is 0. The molecule has 1 nitrogen and oxygen atoms in total. The van der Waals surface area contributed by atoms with Crippen LogP contribution in [0.15, 0.2) is 0 Å². The molecule has 0 rings (SSSR count). The lowest BCUT2D eigenvalue weighted by Crippen LogP contribution is -2.16. The van der Waals surface area contributed by atoms with Crippen molar-refractivity contribution in [1.82, 2.24) is 5.32 Å². The number of nitrogens with one attached hydrogen (secondary N) is 1. The van der Waals surface area contributed by atoms with Gasteiger partial charge in [-0.25, -0.2) is 0 Å². The Hall–Kier alpha value is 0.440. The van der Waals surface area contributed by atoms with Gasteiger partial charge in [-0.3, -0.25) is 0 Å². The van der Waals surface area contributed by atoms with Crippen molar-refractivity contribution in [3.63, 3.8) is 0 Å². The van der Waals surface area contributed by atoms with Crippen LogP contribution in [0.4, 0.5) is 0 Å². The maximum absolute atomic E-state index is 3.46. The standard InChI is InChI=1S/C12H26BrN/c1-2-3-4-5-6-7-8-11-14-12-9-10-13/h14H,2-12H2,1H3. The molecule has 0 aromatic carbocycles. The molecule has 14 heavy (non-hydrogen) atoms. The van der Waals surface area contributed by atoms with Gasteiger partial charge in [0.25, 0.3) is 0 Å². The van der Waals surface area contributed by atoms with Crippen LogP contribution in [-0.2, 0) is 0 Å². The van der Waals surface area contributed by atoms with Crippen LogP contribution in [0.2, 0.25) is 0 Å². The fourth-order valence-corrected chi connectivity index (χ4v) is 1.80. The quantitative estimate of drug-likeness (QED) is 0.437. The van der Waals surface area contributed by atoms with Gasteiger partial charge < -0.3 is 5.32 Å². The van der Waals surface area contributed by atoms with Crippen molar-refractivity contribution in [2.45, 2.75) is 58.3 Å². The topological polar surface area (TPSA) is 12.0 Å². The molecule has 0 fully saturated rings. The highest BCUT2D eigenvalue weighted by Crippen LogP contribution is 2.06. The maximum atomic E-state index is 3.46. The third kappa shape index (κ3) is 12.4. The summed E-state index contributed by atoms with van der Waals surface area (Å²) in [6.45, 7) is 4.65. The summed E-state index contributed by atoms with van der Waals surface area (Å²) in [5.74, 6) is 0. The highest BCUT2D eigenvalue weighted by molar-refractivity contribution is 9.09. The molecule has 0 saturated heterocycles. The molecule has 0 aromatic heterocycles. The second-order valence-electron chi connectivity index (χ2n) is 3.91. The van der Waals surface area contributed by atoms with E-state index in [1.165, 1.54) is 64.5 Å². The van der Waals surface area contributed by atoms with Crippen LogP contribution in [0.5, 0.6) is 0 Å². The van der Waals surface area contributed by atoms with Gasteiger partial charge in [0, 0.05) is 5.33 Å². The lowest BCUT2D eigenvalue weighted by molar-refractivity contribution is 0.562. The molecule has 0 heterocycles. The summed E-state index contributed by atoms with van der Waals surface area (Å²) < 4.78 is 0. The number of hydrogen-bond acceptors (Lipinski definition) is 1. The number of rotatable bonds is 11. The molecule has 0 aliphatic carbocycles. The summed E-state index contributed by atoms with van der Waals surface area (Å²) in [5, 5.41) is 4.58. The Morgan fingerprint density at radius 1 is 0.786 bits per heavy atom. The molecule has 86 valence electrons. The summed E-state index contributed by atoms with van der Waals surface area (Å²) in [5.41, 5.74) is 0. The van der Waals surface area contributed by atoms with E-state index in [0.717, 1.165) is 5.33 Å². The fourth-order valence-electron chi connectivity index (χ4n) is 1.52. The van der Waals surface area contributed by atoms with Gasteiger partial charge in [-0.15, -0.1) is 0 Å². The van der Waals surface area contributed by atoms with Gasteiger partial charge >= 0.3 is 0 Å². The predicted molar refractivity (Wildman–Crippen MR) is 69.3 cm³/mol. The van der Waals surface area contributed by atoms with E-state index in [9.17, 15) is 0 Å². The van der Waals surface area contributed by atoms with Crippen molar-refractivity contribution < 1.29 is 0 Å². The van der Waals surface area contributed by atoms with Crippen LogP contribution >= 0.6 is 15.9 Å². The third-order valence-electron chi connectivity index (χ3n) is 2.44. The van der Waals surface area contributed by atoms with Crippen LogP contribution in [0, 0.1) is 0 Å². The van der Waals surface area contributed by atoms with Crippen molar-refractivity contribution in [2.24, 2.45) is 0 Å². The van der Waals surface area contributed by atoms with Crippen LogP contribution in [0.1, 0.15) is 58.3 Å².